The Balaban J connectivity index is 1.33. The van der Waals surface area contributed by atoms with Crippen molar-refractivity contribution in [3.05, 3.63) is 89.1 Å². The summed E-state index contributed by atoms with van der Waals surface area (Å²) in [5, 5.41) is 6.51. The van der Waals surface area contributed by atoms with Crippen LogP contribution in [0.5, 0.6) is 0 Å². The minimum atomic E-state index is -0.203. The minimum absolute atomic E-state index is 0.162. The maximum absolute atomic E-state index is 13.4. The molecule has 0 radical (unpaired) electrons. The Kier molecular flexibility index (Phi) is 8.17. The number of amides is 1. The van der Waals surface area contributed by atoms with Gasteiger partial charge in [-0.3, -0.25) is 15.1 Å². The average Bonchev–Trinajstić information content (AvgIpc) is 2.88. The molecule has 3 heterocycles. The number of aromatic nitrogens is 2. The number of hydrogen-bond donors (Lipinski definition) is 3. The molecule has 178 valence electrons. The fourth-order valence-corrected chi connectivity index (χ4v) is 4.28. The van der Waals surface area contributed by atoms with Crippen LogP contribution in [0, 0.1) is 5.82 Å². The lowest BCUT2D eigenvalue weighted by Crippen LogP contribution is -2.49. The van der Waals surface area contributed by atoms with Gasteiger partial charge in [-0.1, -0.05) is 18.2 Å². The normalized spacial score (nSPS) is 15.8. The van der Waals surface area contributed by atoms with Crippen molar-refractivity contribution in [2.24, 2.45) is 5.73 Å². The Morgan fingerprint density at radius 3 is 2.85 bits per heavy atom. The molecule has 7 nitrogen and oxygen atoms in total. The van der Waals surface area contributed by atoms with Gasteiger partial charge in [-0.25, -0.2) is 9.37 Å². The lowest BCUT2D eigenvalue weighted by molar-refractivity contribution is 0.0950. The third-order valence-electron chi connectivity index (χ3n) is 6.11. The van der Waals surface area contributed by atoms with Crippen LogP contribution in [-0.2, 0) is 19.5 Å². The third-order valence-corrected chi connectivity index (χ3v) is 6.11. The van der Waals surface area contributed by atoms with Crippen LogP contribution >= 0.6 is 0 Å². The lowest BCUT2D eigenvalue weighted by Gasteiger charge is -2.37. The van der Waals surface area contributed by atoms with Gasteiger partial charge in [0.1, 0.15) is 11.6 Å². The number of carbonyl (C=O) groups excluding carboxylic acids is 1. The lowest BCUT2D eigenvalue weighted by atomic mass is 10.1. The van der Waals surface area contributed by atoms with E-state index in [1.165, 1.54) is 6.07 Å². The van der Waals surface area contributed by atoms with Gasteiger partial charge in [0.05, 0.1) is 17.4 Å². The predicted octanol–water partition coefficient (Wildman–Crippen LogP) is 3.15. The van der Waals surface area contributed by atoms with Crippen LogP contribution in [0.15, 0.2) is 60.9 Å². The summed E-state index contributed by atoms with van der Waals surface area (Å²) in [7, 11) is 0. The number of rotatable bonds is 9. The van der Waals surface area contributed by atoms with Crippen LogP contribution in [-0.4, -0.2) is 35.1 Å². The largest absolute Gasteiger partial charge is 0.348 e. The molecule has 1 aliphatic heterocycles. The second-order valence-corrected chi connectivity index (χ2v) is 8.44. The maximum atomic E-state index is 13.4. The molecule has 8 heteroatoms. The van der Waals surface area contributed by atoms with Crippen LogP contribution in [0.25, 0.3) is 0 Å². The van der Waals surface area contributed by atoms with E-state index in [2.05, 4.69) is 25.5 Å². The molecule has 4 N–H and O–H groups in total. The Morgan fingerprint density at radius 2 is 2.06 bits per heavy atom. The maximum Gasteiger partial charge on any atom is 0.253 e. The van der Waals surface area contributed by atoms with E-state index >= 15 is 0 Å². The van der Waals surface area contributed by atoms with Crippen molar-refractivity contribution >= 4 is 11.7 Å². The van der Waals surface area contributed by atoms with Crippen molar-refractivity contribution in [1.82, 2.24) is 20.6 Å². The molecule has 1 atom stereocenters. The highest BCUT2D eigenvalue weighted by atomic mass is 19.1. The molecule has 1 unspecified atom stereocenters. The Labute approximate surface area is 199 Å². The molecular formula is C26H31FN6O. The molecule has 1 saturated heterocycles. The van der Waals surface area contributed by atoms with Gasteiger partial charge in [0, 0.05) is 38.6 Å². The van der Waals surface area contributed by atoms with Gasteiger partial charge in [0.15, 0.2) is 0 Å². The van der Waals surface area contributed by atoms with E-state index in [4.69, 9.17) is 5.73 Å². The first-order valence-electron chi connectivity index (χ1n) is 11.8. The van der Waals surface area contributed by atoms with E-state index in [0.29, 0.717) is 18.7 Å². The number of piperidine rings is 1. The number of halogens is 1. The Hall–Kier alpha value is -3.36. The number of anilines is 1. The molecule has 1 aliphatic rings. The molecule has 0 spiro atoms. The minimum Gasteiger partial charge on any atom is -0.348 e. The van der Waals surface area contributed by atoms with Crippen molar-refractivity contribution in [1.29, 1.82) is 0 Å². The summed E-state index contributed by atoms with van der Waals surface area (Å²) in [6.45, 7) is 2.35. The summed E-state index contributed by atoms with van der Waals surface area (Å²) in [5.74, 6) is 0.455. The standard InChI is InChI=1S/C26H31FN6O/c27-22-7-3-5-19(15-22)11-13-30-24-8-1-2-14-33(24)25-10-9-21(18-31-25)26(34)32-17-20-6-4-12-29-23(20)16-28/h3-7,9-10,12,15,18,24,30H,1-2,8,11,13-14,16-17,28H2,(H,32,34). The van der Waals surface area contributed by atoms with E-state index in [1.807, 2.05) is 30.3 Å². The fraction of sp³-hybridized carbons (Fsp3) is 0.346. The number of nitrogens with zero attached hydrogens (tertiary/aromatic N) is 3. The highest BCUT2D eigenvalue weighted by Gasteiger charge is 2.23. The fourth-order valence-electron chi connectivity index (χ4n) is 4.28. The van der Waals surface area contributed by atoms with Crippen LogP contribution in [0.4, 0.5) is 10.2 Å². The number of pyridine rings is 2. The average molecular weight is 463 g/mol. The molecule has 1 aromatic carbocycles. The van der Waals surface area contributed by atoms with E-state index in [-0.39, 0.29) is 17.9 Å². The Bertz CT molecular complexity index is 1090. The highest BCUT2D eigenvalue weighted by Crippen LogP contribution is 2.22. The highest BCUT2D eigenvalue weighted by molar-refractivity contribution is 5.94. The molecular weight excluding hydrogens is 431 g/mol. The molecule has 2 aromatic heterocycles. The quantitative estimate of drug-likeness (QED) is 0.452. The summed E-state index contributed by atoms with van der Waals surface area (Å²) in [6, 6.07) is 14.2. The van der Waals surface area contributed by atoms with Gasteiger partial charge in [0.2, 0.25) is 0 Å². The first kappa shape index (κ1) is 23.8. The second kappa shape index (κ2) is 11.7. The zero-order valence-electron chi connectivity index (χ0n) is 19.2. The molecule has 34 heavy (non-hydrogen) atoms. The van der Waals surface area contributed by atoms with Gasteiger partial charge in [0.25, 0.3) is 5.91 Å². The number of carbonyl (C=O) groups is 1. The number of benzene rings is 1. The van der Waals surface area contributed by atoms with Gasteiger partial charge in [-0.2, -0.15) is 0 Å². The van der Waals surface area contributed by atoms with E-state index in [9.17, 15) is 9.18 Å². The van der Waals surface area contributed by atoms with Crippen molar-refractivity contribution in [2.75, 3.05) is 18.0 Å². The number of hydrogen-bond acceptors (Lipinski definition) is 6. The summed E-state index contributed by atoms with van der Waals surface area (Å²) in [6.07, 6.45) is 7.50. The summed E-state index contributed by atoms with van der Waals surface area (Å²) >= 11 is 0. The molecule has 0 saturated carbocycles. The second-order valence-electron chi connectivity index (χ2n) is 8.44. The molecule has 3 aromatic rings. The monoisotopic (exact) mass is 462 g/mol. The van der Waals surface area contributed by atoms with Crippen LogP contribution in [0.3, 0.4) is 0 Å². The van der Waals surface area contributed by atoms with Crippen molar-refractivity contribution < 1.29 is 9.18 Å². The summed E-state index contributed by atoms with van der Waals surface area (Å²) in [4.78, 5) is 23.7. The van der Waals surface area contributed by atoms with Gasteiger partial charge in [-0.15, -0.1) is 0 Å². The van der Waals surface area contributed by atoms with Crippen LogP contribution < -0.4 is 21.3 Å². The van der Waals surface area contributed by atoms with E-state index in [1.54, 1.807) is 24.5 Å². The molecule has 4 rings (SSSR count). The SMILES string of the molecule is NCc1ncccc1CNC(=O)c1ccc(N2CCCCC2NCCc2cccc(F)c2)nc1. The van der Waals surface area contributed by atoms with Gasteiger partial charge >= 0.3 is 0 Å². The zero-order valence-corrected chi connectivity index (χ0v) is 19.2. The topological polar surface area (TPSA) is 96.2 Å². The van der Waals surface area contributed by atoms with Gasteiger partial charge < -0.3 is 16.0 Å². The molecule has 0 aliphatic carbocycles. The summed E-state index contributed by atoms with van der Waals surface area (Å²) in [5.41, 5.74) is 8.89. The zero-order chi connectivity index (χ0) is 23.8. The first-order valence-corrected chi connectivity index (χ1v) is 11.8. The van der Waals surface area contributed by atoms with Crippen molar-refractivity contribution in [2.45, 2.75) is 44.9 Å². The third kappa shape index (κ3) is 6.15. The van der Waals surface area contributed by atoms with Crippen molar-refractivity contribution in [3.63, 3.8) is 0 Å². The smallest absolute Gasteiger partial charge is 0.253 e. The Morgan fingerprint density at radius 1 is 1.15 bits per heavy atom. The molecule has 1 fully saturated rings. The first-order chi connectivity index (χ1) is 16.6. The van der Waals surface area contributed by atoms with Crippen molar-refractivity contribution in [3.8, 4) is 0 Å². The van der Waals surface area contributed by atoms with Crippen LogP contribution in [0.1, 0.15) is 46.4 Å². The van der Waals surface area contributed by atoms with Gasteiger partial charge in [-0.05, 0) is 67.1 Å². The molecule has 0 bridgehead atoms. The number of nitrogens with one attached hydrogen (secondary N) is 2. The molecule has 1 amide bonds. The summed E-state index contributed by atoms with van der Waals surface area (Å²) < 4.78 is 13.4. The van der Waals surface area contributed by atoms with E-state index in [0.717, 1.165) is 61.4 Å². The van der Waals surface area contributed by atoms with Crippen LogP contribution in [0.2, 0.25) is 0 Å². The van der Waals surface area contributed by atoms with E-state index < -0.39 is 0 Å². The predicted molar refractivity (Wildman–Crippen MR) is 131 cm³/mol. The number of nitrogens with two attached hydrogens (primary N) is 1.